The maximum absolute atomic E-state index is 12.1. The van der Waals surface area contributed by atoms with E-state index in [1.165, 1.54) is 32.1 Å². The second-order valence-corrected chi connectivity index (χ2v) is 7.40. The van der Waals surface area contributed by atoms with Crippen molar-refractivity contribution < 1.29 is 4.79 Å². The van der Waals surface area contributed by atoms with Gasteiger partial charge in [0, 0.05) is 32.0 Å². The lowest BCUT2D eigenvalue weighted by atomic mass is 9.83. The third-order valence-electron chi connectivity index (χ3n) is 5.66. The molecule has 1 aromatic rings. The molecule has 1 aromatic heterocycles. The van der Waals surface area contributed by atoms with Gasteiger partial charge in [-0.05, 0) is 43.9 Å². The van der Waals surface area contributed by atoms with Gasteiger partial charge in [-0.1, -0.05) is 12.8 Å². The van der Waals surface area contributed by atoms with E-state index in [-0.39, 0.29) is 6.03 Å². The number of amides is 2. The minimum atomic E-state index is -0.0207. The highest BCUT2D eigenvalue weighted by Crippen LogP contribution is 2.43. The van der Waals surface area contributed by atoms with Crippen LogP contribution in [0.15, 0.2) is 0 Å². The number of aryl methyl sites for hydroxylation is 1. The Kier molecular flexibility index (Phi) is 4.23. The second-order valence-electron chi connectivity index (χ2n) is 7.40. The summed E-state index contributed by atoms with van der Waals surface area (Å²) >= 11 is 0. The molecule has 0 bridgehead atoms. The minimum absolute atomic E-state index is 0.0207. The fraction of sp³-hybridized carbons (Fsp3) is 0.824. The molecule has 3 aliphatic rings. The van der Waals surface area contributed by atoms with E-state index in [2.05, 4.69) is 25.4 Å². The molecule has 1 aliphatic heterocycles. The fourth-order valence-electron chi connectivity index (χ4n) is 4.27. The predicted molar refractivity (Wildman–Crippen MR) is 87.1 cm³/mol. The highest BCUT2D eigenvalue weighted by molar-refractivity contribution is 5.74. The Morgan fingerprint density at radius 1 is 1.13 bits per heavy atom. The number of fused-ring (bicyclic) bond motifs is 1. The molecule has 2 N–H and O–H groups in total. The molecule has 0 unspecified atom stereocenters. The summed E-state index contributed by atoms with van der Waals surface area (Å²) in [6.45, 7) is 1.65. The van der Waals surface area contributed by atoms with Crippen molar-refractivity contribution in [1.82, 2.24) is 25.4 Å². The molecule has 2 atom stereocenters. The summed E-state index contributed by atoms with van der Waals surface area (Å²) in [6.07, 6.45) is 10.7. The molecule has 0 radical (unpaired) electrons. The summed E-state index contributed by atoms with van der Waals surface area (Å²) in [5, 5.41) is 14.6. The smallest absolute Gasteiger partial charge is 0.315 e. The zero-order chi connectivity index (χ0) is 15.6. The molecule has 0 aromatic carbocycles. The van der Waals surface area contributed by atoms with E-state index in [1.807, 2.05) is 0 Å². The minimum Gasteiger partial charge on any atom is -0.338 e. The van der Waals surface area contributed by atoms with Crippen molar-refractivity contribution in [1.29, 1.82) is 0 Å². The zero-order valence-electron chi connectivity index (χ0n) is 13.8. The molecule has 0 saturated heterocycles. The lowest BCUT2D eigenvalue weighted by molar-refractivity contribution is 0.221. The predicted octanol–water partition coefficient (Wildman–Crippen LogP) is 2.03. The fourth-order valence-corrected chi connectivity index (χ4v) is 4.27. The first kappa shape index (κ1) is 15.0. The number of carbonyl (C=O) groups excluding carboxylic acids is 1. The van der Waals surface area contributed by atoms with Crippen molar-refractivity contribution in [3.8, 4) is 0 Å². The van der Waals surface area contributed by atoms with Crippen LogP contribution in [-0.4, -0.2) is 33.4 Å². The second kappa shape index (κ2) is 6.49. The van der Waals surface area contributed by atoms with Crippen molar-refractivity contribution in [2.24, 2.45) is 11.8 Å². The molecule has 2 heterocycles. The van der Waals surface area contributed by atoms with Crippen LogP contribution in [0.4, 0.5) is 4.79 Å². The highest BCUT2D eigenvalue weighted by Gasteiger charge is 2.35. The summed E-state index contributed by atoms with van der Waals surface area (Å²) in [5.41, 5.74) is 0. The Hall–Kier alpha value is -1.59. The van der Waals surface area contributed by atoms with Crippen molar-refractivity contribution in [2.75, 3.05) is 6.54 Å². The van der Waals surface area contributed by atoms with Crippen LogP contribution >= 0.6 is 0 Å². The van der Waals surface area contributed by atoms with Gasteiger partial charge >= 0.3 is 6.03 Å². The highest BCUT2D eigenvalue weighted by atomic mass is 16.2. The number of rotatable bonds is 5. The number of nitrogens with zero attached hydrogens (tertiary/aromatic N) is 3. The number of hydrogen-bond acceptors (Lipinski definition) is 3. The monoisotopic (exact) mass is 317 g/mol. The maximum Gasteiger partial charge on any atom is 0.315 e. The molecule has 2 aliphatic carbocycles. The number of nitrogens with one attached hydrogen (secondary N) is 2. The van der Waals surface area contributed by atoms with Crippen molar-refractivity contribution in [3.05, 3.63) is 11.6 Å². The maximum atomic E-state index is 12.1. The van der Waals surface area contributed by atoms with Crippen LogP contribution in [0.2, 0.25) is 0 Å². The van der Waals surface area contributed by atoms with E-state index in [0.29, 0.717) is 12.6 Å². The van der Waals surface area contributed by atoms with Gasteiger partial charge < -0.3 is 15.2 Å². The summed E-state index contributed by atoms with van der Waals surface area (Å²) in [6, 6.07) is 0.347. The van der Waals surface area contributed by atoms with E-state index < -0.39 is 0 Å². The summed E-state index contributed by atoms with van der Waals surface area (Å²) in [4.78, 5) is 12.1. The summed E-state index contributed by atoms with van der Waals surface area (Å²) in [7, 11) is 0. The van der Waals surface area contributed by atoms with Crippen LogP contribution in [-0.2, 0) is 19.4 Å². The Balaban J connectivity index is 1.19. The van der Waals surface area contributed by atoms with Gasteiger partial charge in [0.05, 0.1) is 0 Å². The van der Waals surface area contributed by atoms with Gasteiger partial charge in [0.25, 0.3) is 0 Å². The zero-order valence-corrected chi connectivity index (χ0v) is 13.8. The summed E-state index contributed by atoms with van der Waals surface area (Å²) in [5.74, 6) is 3.91. The molecular weight excluding hydrogens is 290 g/mol. The topological polar surface area (TPSA) is 71.8 Å². The third kappa shape index (κ3) is 3.51. The number of hydrogen-bond donors (Lipinski definition) is 2. The van der Waals surface area contributed by atoms with Gasteiger partial charge in [0.15, 0.2) is 0 Å². The normalized spacial score (nSPS) is 26.8. The van der Waals surface area contributed by atoms with Crippen molar-refractivity contribution >= 4 is 6.03 Å². The SMILES string of the molecule is O=C(NCCc1nnc2n1CCC2)N[C@@H]1CCC[C@@H](C2CC2)C1. The number of aromatic nitrogens is 3. The molecule has 2 fully saturated rings. The lowest BCUT2D eigenvalue weighted by Crippen LogP contribution is -2.44. The molecule has 126 valence electrons. The molecular formula is C17H27N5O. The van der Waals surface area contributed by atoms with Crippen molar-refractivity contribution in [3.63, 3.8) is 0 Å². The Morgan fingerprint density at radius 3 is 2.91 bits per heavy atom. The number of carbonyl (C=O) groups is 1. The van der Waals surface area contributed by atoms with E-state index in [0.717, 1.165) is 55.7 Å². The first-order valence-electron chi connectivity index (χ1n) is 9.25. The van der Waals surface area contributed by atoms with E-state index in [4.69, 9.17) is 0 Å². The largest absolute Gasteiger partial charge is 0.338 e. The standard InChI is InChI=1S/C17H27N5O/c23-17(19-14-4-1-3-13(11-14)12-6-7-12)18-9-8-16-21-20-15-5-2-10-22(15)16/h12-14H,1-11H2,(H2,18,19,23)/t13-,14-/m1/s1. The van der Waals surface area contributed by atoms with Gasteiger partial charge in [0.2, 0.25) is 0 Å². The molecule has 2 amide bonds. The van der Waals surface area contributed by atoms with Crippen molar-refractivity contribution in [2.45, 2.75) is 70.4 Å². The third-order valence-corrected chi connectivity index (χ3v) is 5.66. The van der Waals surface area contributed by atoms with Crippen LogP contribution in [0.3, 0.4) is 0 Å². The Morgan fingerprint density at radius 2 is 2.04 bits per heavy atom. The van der Waals surface area contributed by atoms with Gasteiger partial charge in [-0.15, -0.1) is 10.2 Å². The van der Waals surface area contributed by atoms with E-state index >= 15 is 0 Å². The van der Waals surface area contributed by atoms with Crippen LogP contribution in [0.25, 0.3) is 0 Å². The lowest BCUT2D eigenvalue weighted by Gasteiger charge is -2.29. The van der Waals surface area contributed by atoms with Crippen LogP contribution in [0, 0.1) is 11.8 Å². The van der Waals surface area contributed by atoms with E-state index in [1.54, 1.807) is 0 Å². The van der Waals surface area contributed by atoms with Gasteiger partial charge in [-0.25, -0.2) is 4.79 Å². The molecule has 0 spiro atoms. The molecule has 2 saturated carbocycles. The summed E-state index contributed by atoms with van der Waals surface area (Å²) < 4.78 is 2.20. The van der Waals surface area contributed by atoms with Gasteiger partial charge in [-0.3, -0.25) is 0 Å². The van der Waals surface area contributed by atoms with E-state index in [9.17, 15) is 4.79 Å². The van der Waals surface area contributed by atoms with Crippen LogP contribution in [0.5, 0.6) is 0 Å². The molecule has 23 heavy (non-hydrogen) atoms. The average Bonchev–Trinajstić information content (AvgIpc) is 3.18. The first-order chi connectivity index (χ1) is 11.3. The van der Waals surface area contributed by atoms with Gasteiger partial charge in [-0.2, -0.15) is 0 Å². The van der Waals surface area contributed by atoms with Crippen LogP contribution < -0.4 is 10.6 Å². The molecule has 4 rings (SSSR count). The number of urea groups is 1. The van der Waals surface area contributed by atoms with Gasteiger partial charge in [0.1, 0.15) is 11.6 Å². The average molecular weight is 317 g/mol. The Labute approximate surface area is 137 Å². The molecule has 6 heteroatoms. The quantitative estimate of drug-likeness (QED) is 0.873. The van der Waals surface area contributed by atoms with Crippen LogP contribution in [0.1, 0.15) is 56.6 Å². The first-order valence-corrected chi connectivity index (χ1v) is 9.25. The Bertz CT molecular complexity index is 565. The molecule has 6 nitrogen and oxygen atoms in total.